The van der Waals surface area contributed by atoms with Crippen LogP contribution in [0, 0.1) is 5.41 Å². The molecule has 0 unspecified atom stereocenters. The van der Waals surface area contributed by atoms with Crippen molar-refractivity contribution in [3.05, 3.63) is 0 Å². The molecule has 0 aliphatic carbocycles. The summed E-state index contributed by atoms with van der Waals surface area (Å²) in [6.45, 7) is 4.24. The Kier molecular flexibility index (Phi) is 5.52. The Balaban J connectivity index is 4.27. The van der Waals surface area contributed by atoms with Crippen molar-refractivity contribution >= 4 is 25.8 Å². The number of halogens is 1. The molecule has 0 aliphatic heterocycles. The van der Waals surface area contributed by atoms with Gasteiger partial charge in [0.05, 0.1) is 5.75 Å². The second-order valence-electron chi connectivity index (χ2n) is 3.72. The molecule has 0 atom stereocenters. The average Bonchev–Trinajstić information content (AvgIpc) is 2.06. The van der Waals surface area contributed by atoms with E-state index >= 15 is 0 Å². The van der Waals surface area contributed by atoms with E-state index in [9.17, 15) is 8.42 Å². The summed E-state index contributed by atoms with van der Waals surface area (Å²) in [7, 11) is -2.81. The van der Waals surface area contributed by atoms with Gasteiger partial charge in [0.15, 0.2) is 0 Å². The van der Waals surface area contributed by atoms with Gasteiger partial charge in [0.2, 0.25) is 0 Å². The van der Waals surface area contributed by atoms with E-state index in [1.165, 1.54) is 6.26 Å². The highest BCUT2D eigenvalue weighted by molar-refractivity contribution is 9.09. The normalized spacial score (nSPS) is 13.2. The topological polar surface area (TPSA) is 34.1 Å². The van der Waals surface area contributed by atoms with Crippen LogP contribution in [0.3, 0.4) is 0 Å². The number of rotatable bonds is 6. The Morgan fingerprint density at radius 1 is 1.23 bits per heavy atom. The number of alkyl halides is 1. The van der Waals surface area contributed by atoms with Crippen molar-refractivity contribution in [2.45, 2.75) is 33.1 Å². The lowest BCUT2D eigenvalue weighted by Gasteiger charge is -2.28. The van der Waals surface area contributed by atoms with Crippen LogP contribution in [0.15, 0.2) is 0 Å². The number of hydrogen-bond acceptors (Lipinski definition) is 2. The highest BCUT2D eigenvalue weighted by Gasteiger charge is 2.25. The van der Waals surface area contributed by atoms with Crippen LogP contribution in [0.4, 0.5) is 0 Å². The molecule has 0 radical (unpaired) electrons. The molecule has 13 heavy (non-hydrogen) atoms. The molecule has 0 aromatic carbocycles. The zero-order chi connectivity index (χ0) is 10.5. The van der Waals surface area contributed by atoms with Gasteiger partial charge in [-0.1, -0.05) is 29.8 Å². The van der Waals surface area contributed by atoms with Crippen molar-refractivity contribution in [1.82, 2.24) is 0 Å². The van der Waals surface area contributed by atoms with Gasteiger partial charge in [-0.3, -0.25) is 0 Å². The third kappa shape index (κ3) is 5.01. The highest BCUT2D eigenvalue weighted by atomic mass is 79.9. The van der Waals surface area contributed by atoms with Gasteiger partial charge >= 0.3 is 0 Å². The van der Waals surface area contributed by atoms with Crippen molar-refractivity contribution in [1.29, 1.82) is 0 Å². The van der Waals surface area contributed by atoms with Crippen LogP contribution in [-0.4, -0.2) is 25.8 Å². The summed E-state index contributed by atoms with van der Waals surface area (Å²) in [6.07, 6.45) is 4.13. The van der Waals surface area contributed by atoms with E-state index in [1.807, 2.05) is 0 Å². The Morgan fingerprint density at radius 3 is 1.92 bits per heavy atom. The maximum atomic E-state index is 11.0. The van der Waals surface area contributed by atoms with Crippen molar-refractivity contribution in [3.63, 3.8) is 0 Å². The standard InChI is InChI=1S/C9H19BrO2S/c1-4-9(5-2,8-10)6-7-13(3,11)12/h4-8H2,1-3H3. The third-order valence-electron chi connectivity index (χ3n) is 2.79. The van der Waals surface area contributed by atoms with E-state index in [0.717, 1.165) is 24.6 Å². The Hall–Kier alpha value is 0.430. The molecular weight excluding hydrogens is 252 g/mol. The molecule has 0 saturated heterocycles. The maximum absolute atomic E-state index is 11.0. The molecule has 0 heterocycles. The number of hydrogen-bond donors (Lipinski definition) is 0. The minimum Gasteiger partial charge on any atom is -0.229 e. The van der Waals surface area contributed by atoms with Crippen LogP contribution in [0.25, 0.3) is 0 Å². The van der Waals surface area contributed by atoms with Gasteiger partial charge in [-0.15, -0.1) is 0 Å². The summed E-state index contributed by atoms with van der Waals surface area (Å²) in [4.78, 5) is 0. The van der Waals surface area contributed by atoms with Crippen molar-refractivity contribution < 1.29 is 8.42 Å². The predicted octanol–water partition coefficient (Wildman–Crippen LogP) is 2.62. The first kappa shape index (κ1) is 13.4. The number of sulfone groups is 1. The lowest BCUT2D eigenvalue weighted by molar-refractivity contribution is 0.298. The molecule has 0 N–H and O–H groups in total. The van der Waals surface area contributed by atoms with Gasteiger partial charge in [-0.2, -0.15) is 0 Å². The maximum Gasteiger partial charge on any atom is 0.147 e. The van der Waals surface area contributed by atoms with E-state index in [-0.39, 0.29) is 5.41 Å². The van der Waals surface area contributed by atoms with Crippen molar-refractivity contribution in [2.24, 2.45) is 5.41 Å². The molecule has 2 nitrogen and oxygen atoms in total. The van der Waals surface area contributed by atoms with Crippen molar-refractivity contribution in [2.75, 3.05) is 17.3 Å². The Labute approximate surface area is 90.2 Å². The van der Waals surface area contributed by atoms with Gasteiger partial charge in [0.1, 0.15) is 9.84 Å². The highest BCUT2D eigenvalue weighted by Crippen LogP contribution is 2.32. The fraction of sp³-hybridized carbons (Fsp3) is 1.00. The fourth-order valence-electron chi connectivity index (χ4n) is 1.26. The molecule has 80 valence electrons. The monoisotopic (exact) mass is 270 g/mol. The molecule has 0 amide bonds. The summed E-state index contributed by atoms with van der Waals surface area (Å²) in [5, 5.41) is 0.891. The van der Waals surface area contributed by atoms with Gasteiger partial charge in [0.25, 0.3) is 0 Å². The first-order valence-electron chi connectivity index (χ1n) is 4.63. The fourth-order valence-corrected chi connectivity index (χ4v) is 3.14. The zero-order valence-corrected chi connectivity index (χ0v) is 11.0. The van der Waals surface area contributed by atoms with E-state index in [1.54, 1.807) is 0 Å². The molecule has 4 heteroatoms. The Morgan fingerprint density at radius 2 is 1.69 bits per heavy atom. The average molecular weight is 271 g/mol. The molecule has 0 saturated carbocycles. The van der Waals surface area contributed by atoms with Crippen LogP contribution >= 0.6 is 15.9 Å². The zero-order valence-electron chi connectivity index (χ0n) is 8.64. The van der Waals surface area contributed by atoms with Crippen molar-refractivity contribution in [3.8, 4) is 0 Å². The summed E-state index contributed by atoms with van der Waals surface area (Å²) in [6, 6.07) is 0. The van der Waals surface area contributed by atoms with E-state index in [4.69, 9.17) is 0 Å². The first-order valence-corrected chi connectivity index (χ1v) is 7.81. The van der Waals surface area contributed by atoms with E-state index in [2.05, 4.69) is 29.8 Å². The molecule has 0 rings (SSSR count). The second kappa shape index (κ2) is 5.35. The Bertz CT molecular complexity index is 222. The summed E-state index contributed by atoms with van der Waals surface area (Å²) in [5.41, 5.74) is 0.170. The smallest absolute Gasteiger partial charge is 0.147 e. The molecule has 0 aromatic heterocycles. The SMILES string of the molecule is CCC(CC)(CBr)CCS(C)(=O)=O. The van der Waals surface area contributed by atoms with Gasteiger partial charge in [0, 0.05) is 11.6 Å². The molecule has 0 spiro atoms. The molecule has 0 bridgehead atoms. The largest absolute Gasteiger partial charge is 0.229 e. The third-order valence-corrected chi connectivity index (χ3v) is 4.92. The van der Waals surface area contributed by atoms with Crippen LogP contribution in [0.2, 0.25) is 0 Å². The quantitative estimate of drug-likeness (QED) is 0.696. The lowest BCUT2D eigenvalue weighted by atomic mass is 9.82. The minimum atomic E-state index is -2.81. The lowest BCUT2D eigenvalue weighted by Crippen LogP contribution is -2.24. The molecule has 0 aromatic rings. The van der Waals surface area contributed by atoms with Gasteiger partial charge < -0.3 is 0 Å². The summed E-state index contributed by atoms with van der Waals surface area (Å²) >= 11 is 3.47. The minimum absolute atomic E-state index is 0.170. The summed E-state index contributed by atoms with van der Waals surface area (Å²) in [5.74, 6) is 0.306. The molecule has 0 fully saturated rings. The van der Waals surface area contributed by atoms with E-state index < -0.39 is 9.84 Å². The van der Waals surface area contributed by atoms with Crippen LogP contribution in [-0.2, 0) is 9.84 Å². The van der Waals surface area contributed by atoms with Gasteiger partial charge in [-0.25, -0.2) is 8.42 Å². The van der Waals surface area contributed by atoms with Gasteiger partial charge in [-0.05, 0) is 24.7 Å². The second-order valence-corrected chi connectivity index (χ2v) is 6.54. The molecule has 0 aliphatic rings. The molecular formula is C9H19BrO2S. The van der Waals surface area contributed by atoms with E-state index in [0.29, 0.717) is 5.75 Å². The first-order chi connectivity index (χ1) is 5.89. The predicted molar refractivity (Wildman–Crippen MR) is 61.1 cm³/mol. The summed E-state index contributed by atoms with van der Waals surface area (Å²) < 4.78 is 22.0. The van der Waals surface area contributed by atoms with Crippen LogP contribution < -0.4 is 0 Å². The van der Waals surface area contributed by atoms with Crippen LogP contribution in [0.5, 0.6) is 0 Å². The van der Waals surface area contributed by atoms with Crippen LogP contribution in [0.1, 0.15) is 33.1 Å².